The molecule has 1 aliphatic rings. The molecule has 156 valence electrons. The molecule has 3 aromatic rings. The van der Waals surface area contributed by atoms with Crippen LogP contribution in [0.3, 0.4) is 0 Å². The number of carbonyl (C=O) groups is 2. The van der Waals surface area contributed by atoms with E-state index in [9.17, 15) is 14.0 Å². The van der Waals surface area contributed by atoms with Crippen molar-refractivity contribution in [3.8, 4) is 5.75 Å². The summed E-state index contributed by atoms with van der Waals surface area (Å²) < 4.78 is 18.7. The van der Waals surface area contributed by atoms with Crippen LogP contribution in [-0.4, -0.2) is 18.9 Å². The Bertz CT molecular complexity index is 1200. The molecular weight excluding hydrogens is 395 g/mol. The van der Waals surface area contributed by atoms with Gasteiger partial charge in [-0.05, 0) is 73.0 Å². The number of benzene rings is 3. The van der Waals surface area contributed by atoms with Crippen molar-refractivity contribution in [2.24, 2.45) is 0 Å². The topological polar surface area (TPSA) is 58.6 Å². The van der Waals surface area contributed by atoms with E-state index >= 15 is 0 Å². The molecule has 0 spiro atoms. The van der Waals surface area contributed by atoms with Gasteiger partial charge in [-0.25, -0.2) is 9.29 Å². The summed E-state index contributed by atoms with van der Waals surface area (Å²) in [6, 6.07) is 18.2. The third kappa shape index (κ3) is 3.80. The van der Waals surface area contributed by atoms with Crippen LogP contribution in [0.4, 0.5) is 15.8 Å². The number of carbonyl (C=O) groups excluding carboxylic acids is 2. The summed E-state index contributed by atoms with van der Waals surface area (Å²) in [5.74, 6) is -0.670. The van der Waals surface area contributed by atoms with E-state index in [-0.39, 0.29) is 11.3 Å². The van der Waals surface area contributed by atoms with E-state index in [4.69, 9.17) is 4.74 Å². The van der Waals surface area contributed by atoms with Crippen molar-refractivity contribution in [1.82, 2.24) is 0 Å². The third-order valence-electron chi connectivity index (χ3n) is 5.18. The van der Waals surface area contributed by atoms with Crippen molar-refractivity contribution in [1.29, 1.82) is 0 Å². The standard InChI is InChI=1S/C25H21FN2O3/c1-15-4-5-16(2)21(14-15)28-24(29)22(17-6-8-18(26)9-7-17)23(25(28)30)27-19-10-12-20(31-3)13-11-19/h4-14,27H,1-3H3. The molecule has 0 unspecified atom stereocenters. The number of ether oxygens (including phenoxy) is 1. The molecule has 31 heavy (non-hydrogen) atoms. The third-order valence-corrected chi connectivity index (χ3v) is 5.18. The van der Waals surface area contributed by atoms with Gasteiger partial charge in [0.25, 0.3) is 11.8 Å². The molecule has 6 heteroatoms. The highest BCUT2D eigenvalue weighted by molar-refractivity contribution is 6.46. The zero-order chi connectivity index (χ0) is 22.1. The number of aryl methyl sites for hydroxylation is 2. The zero-order valence-electron chi connectivity index (χ0n) is 17.4. The number of methoxy groups -OCH3 is 1. The molecule has 0 aromatic heterocycles. The summed E-state index contributed by atoms with van der Waals surface area (Å²) in [6.07, 6.45) is 0. The van der Waals surface area contributed by atoms with E-state index in [2.05, 4.69) is 5.32 Å². The molecular formula is C25H21FN2O3. The maximum atomic E-state index is 13.5. The fourth-order valence-corrected chi connectivity index (χ4v) is 3.53. The fourth-order valence-electron chi connectivity index (χ4n) is 3.53. The monoisotopic (exact) mass is 416 g/mol. The van der Waals surface area contributed by atoms with Gasteiger partial charge < -0.3 is 10.1 Å². The number of nitrogens with one attached hydrogen (secondary N) is 1. The maximum absolute atomic E-state index is 13.5. The lowest BCUT2D eigenvalue weighted by Gasteiger charge is -2.18. The van der Waals surface area contributed by atoms with E-state index in [0.717, 1.165) is 11.1 Å². The van der Waals surface area contributed by atoms with Crippen molar-refractivity contribution in [3.05, 3.63) is 94.9 Å². The summed E-state index contributed by atoms with van der Waals surface area (Å²) in [4.78, 5) is 28.1. The Morgan fingerprint density at radius 1 is 0.871 bits per heavy atom. The number of halogens is 1. The SMILES string of the molecule is COc1ccc(NC2=C(c3ccc(F)cc3)C(=O)N(c3cc(C)ccc3C)C2=O)cc1. The maximum Gasteiger partial charge on any atom is 0.282 e. The van der Waals surface area contributed by atoms with Crippen LogP contribution in [0.25, 0.3) is 5.57 Å². The Morgan fingerprint density at radius 3 is 2.19 bits per heavy atom. The first-order chi connectivity index (χ1) is 14.9. The number of nitrogens with zero attached hydrogens (tertiary/aromatic N) is 1. The van der Waals surface area contributed by atoms with Crippen LogP contribution in [0.5, 0.6) is 5.75 Å². The van der Waals surface area contributed by atoms with Gasteiger partial charge in [-0.1, -0.05) is 24.3 Å². The summed E-state index contributed by atoms with van der Waals surface area (Å²) in [5.41, 5.74) is 3.69. The van der Waals surface area contributed by atoms with Gasteiger partial charge in [0.15, 0.2) is 0 Å². The second-order valence-electron chi connectivity index (χ2n) is 7.35. The highest BCUT2D eigenvalue weighted by Crippen LogP contribution is 2.35. The molecule has 0 saturated heterocycles. The molecule has 4 rings (SSSR count). The summed E-state index contributed by atoms with van der Waals surface area (Å²) in [6.45, 7) is 3.75. The smallest absolute Gasteiger partial charge is 0.282 e. The van der Waals surface area contributed by atoms with Crippen molar-refractivity contribution in [2.45, 2.75) is 13.8 Å². The Labute approximate surface area is 179 Å². The lowest BCUT2D eigenvalue weighted by atomic mass is 10.0. The van der Waals surface area contributed by atoms with Crippen LogP contribution in [0.15, 0.2) is 72.4 Å². The van der Waals surface area contributed by atoms with E-state index in [1.54, 1.807) is 31.4 Å². The fraction of sp³-hybridized carbons (Fsp3) is 0.120. The Morgan fingerprint density at radius 2 is 1.55 bits per heavy atom. The summed E-state index contributed by atoms with van der Waals surface area (Å²) >= 11 is 0. The number of amides is 2. The van der Waals surface area contributed by atoms with Crippen molar-refractivity contribution < 1.29 is 18.7 Å². The first kappa shape index (κ1) is 20.3. The van der Waals surface area contributed by atoms with Crippen LogP contribution in [-0.2, 0) is 9.59 Å². The Balaban J connectivity index is 1.82. The summed E-state index contributed by atoms with van der Waals surface area (Å²) in [5, 5.41) is 3.09. The van der Waals surface area contributed by atoms with Crippen molar-refractivity contribution in [3.63, 3.8) is 0 Å². The predicted molar refractivity (Wildman–Crippen MR) is 118 cm³/mol. The second-order valence-corrected chi connectivity index (χ2v) is 7.35. The van der Waals surface area contributed by atoms with Gasteiger partial charge >= 0.3 is 0 Å². The average molecular weight is 416 g/mol. The average Bonchev–Trinajstić information content (AvgIpc) is 3.00. The zero-order valence-corrected chi connectivity index (χ0v) is 17.4. The highest BCUT2D eigenvalue weighted by Gasteiger charge is 2.40. The Hall–Kier alpha value is -3.93. The molecule has 3 aromatic carbocycles. The quantitative estimate of drug-likeness (QED) is 0.604. The van der Waals surface area contributed by atoms with E-state index in [0.29, 0.717) is 22.7 Å². The van der Waals surface area contributed by atoms with Gasteiger partial charge in [0.05, 0.1) is 18.4 Å². The van der Waals surface area contributed by atoms with E-state index in [1.165, 1.54) is 29.2 Å². The van der Waals surface area contributed by atoms with Crippen LogP contribution in [0.1, 0.15) is 16.7 Å². The number of anilines is 2. The minimum Gasteiger partial charge on any atom is -0.497 e. The van der Waals surface area contributed by atoms with Gasteiger partial charge in [0, 0.05) is 5.69 Å². The minimum atomic E-state index is -0.464. The van der Waals surface area contributed by atoms with Crippen LogP contribution >= 0.6 is 0 Å². The van der Waals surface area contributed by atoms with Crippen LogP contribution in [0.2, 0.25) is 0 Å². The molecule has 0 bridgehead atoms. The van der Waals surface area contributed by atoms with E-state index < -0.39 is 17.6 Å². The lowest BCUT2D eigenvalue weighted by Crippen LogP contribution is -2.33. The largest absolute Gasteiger partial charge is 0.497 e. The highest BCUT2D eigenvalue weighted by atomic mass is 19.1. The molecule has 0 radical (unpaired) electrons. The molecule has 0 atom stereocenters. The molecule has 1 heterocycles. The molecule has 0 aliphatic carbocycles. The Kier molecular flexibility index (Phi) is 5.29. The number of hydrogen-bond donors (Lipinski definition) is 1. The number of rotatable bonds is 5. The number of hydrogen-bond acceptors (Lipinski definition) is 4. The number of imide groups is 1. The molecule has 0 saturated carbocycles. The second kappa shape index (κ2) is 8.07. The summed E-state index contributed by atoms with van der Waals surface area (Å²) in [7, 11) is 1.57. The molecule has 0 fully saturated rings. The predicted octanol–water partition coefficient (Wildman–Crippen LogP) is 4.85. The lowest BCUT2D eigenvalue weighted by molar-refractivity contribution is -0.120. The van der Waals surface area contributed by atoms with Crippen LogP contribution < -0.4 is 15.0 Å². The van der Waals surface area contributed by atoms with Crippen molar-refractivity contribution >= 4 is 28.8 Å². The van der Waals surface area contributed by atoms with Gasteiger partial charge in [-0.2, -0.15) is 0 Å². The van der Waals surface area contributed by atoms with Gasteiger partial charge in [-0.3, -0.25) is 9.59 Å². The van der Waals surface area contributed by atoms with Gasteiger partial charge in [-0.15, -0.1) is 0 Å². The van der Waals surface area contributed by atoms with Crippen molar-refractivity contribution in [2.75, 3.05) is 17.3 Å². The minimum absolute atomic E-state index is 0.141. The normalized spacial score (nSPS) is 13.7. The first-order valence-electron chi connectivity index (χ1n) is 9.76. The molecule has 1 aliphatic heterocycles. The molecule has 1 N–H and O–H groups in total. The first-order valence-corrected chi connectivity index (χ1v) is 9.76. The molecule has 2 amide bonds. The van der Waals surface area contributed by atoms with E-state index in [1.807, 2.05) is 32.0 Å². The van der Waals surface area contributed by atoms with Gasteiger partial charge in [0.1, 0.15) is 17.3 Å². The molecule has 5 nitrogen and oxygen atoms in total. The van der Waals surface area contributed by atoms with Gasteiger partial charge in [0.2, 0.25) is 0 Å². The van der Waals surface area contributed by atoms with Crippen LogP contribution in [0, 0.1) is 19.7 Å².